The van der Waals surface area contributed by atoms with Crippen molar-refractivity contribution in [3.05, 3.63) is 17.3 Å². The number of oxazole rings is 1. The van der Waals surface area contributed by atoms with E-state index in [9.17, 15) is 0 Å². The molecule has 0 aromatic carbocycles. The van der Waals surface area contributed by atoms with Crippen molar-refractivity contribution >= 4 is 0 Å². The lowest BCUT2D eigenvalue weighted by molar-refractivity contribution is 0.200. The minimum absolute atomic E-state index is 0.877. The van der Waals surface area contributed by atoms with E-state index in [-0.39, 0.29) is 0 Å². The summed E-state index contributed by atoms with van der Waals surface area (Å²) in [6, 6.07) is 0. The third-order valence-electron chi connectivity index (χ3n) is 2.88. The van der Waals surface area contributed by atoms with Gasteiger partial charge < -0.3 is 4.42 Å². The van der Waals surface area contributed by atoms with E-state index in [0.29, 0.717) is 0 Å². The maximum Gasteiger partial charge on any atom is 0.208 e. The summed E-state index contributed by atoms with van der Waals surface area (Å²) in [7, 11) is 0. The molecule has 14 heavy (non-hydrogen) atoms. The van der Waals surface area contributed by atoms with Gasteiger partial charge in [0.15, 0.2) is 0 Å². The molecule has 1 aliphatic rings. The van der Waals surface area contributed by atoms with E-state index < -0.39 is 0 Å². The van der Waals surface area contributed by atoms with Gasteiger partial charge in [0, 0.05) is 0 Å². The molecule has 0 bridgehead atoms. The summed E-state index contributed by atoms with van der Waals surface area (Å²) in [5, 5.41) is 0. The Morgan fingerprint density at radius 1 is 1.21 bits per heavy atom. The van der Waals surface area contributed by atoms with Crippen molar-refractivity contribution in [2.45, 2.75) is 39.7 Å². The smallest absolute Gasteiger partial charge is 0.208 e. The molecule has 1 fully saturated rings. The van der Waals surface area contributed by atoms with Gasteiger partial charge in [0.05, 0.1) is 12.2 Å². The van der Waals surface area contributed by atoms with Crippen molar-refractivity contribution in [1.29, 1.82) is 0 Å². The third kappa shape index (κ3) is 2.15. The molecule has 1 aromatic heterocycles. The van der Waals surface area contributed by atoms with Crippen molar-refractivity contribution in [2.75, 3.05) is 13.1 Å². The maximum atomic E-state index is 5.56. The first-order chi connectivity index (χ1) is 6.75. The molecule has 1 aliphatic heterocycles. The van der Waals surface area contributed by atoms with Crippen molar-refractivity contribution in [3.8, 4) is 0 Å². The molecule has 1 aromatic rings. The maximum absolute atomic E-state index is 5.56. The molecular formula is C11H18N2O. The minimum Gasteiger partial charge on any atom is -0.444 e. The summed E-state index contributed by atoms with van der Waals surface area (Å²) in [4.78, 5) is 6.82. The van der Waals surface area contributed by atoms with Gasteiger partial charge in [0.25, 0.3) is 0 Å². The molecule has 0 aliphatic carbocycles. The van der Waals surface area contributed by atoms with Crippen molar-refractivity contribution in [2.24, 2.45) is 0 Å². The molecule has 2 rings (SSSR count). The molecule has 78 valence electrons. The number of hydrogen-bond donors (Lipinski definition) is 0. The van der Waals surface area contributed by atoms with E-state index in [0.717, 1.165) is 23.9 Å². The van der Waals surface area contributed by atoms with E-state index in [1.165, 1.54) is 32.4 Å². The standard InChI is InChI=1S/C11H18N2O/c1-9-10(2)14-11(12-9)8-13-6-4-3-5-7-13/h3-8H2,1-2H3. The second kappa shape index (κ2) is 4.13. The van der Waals surface area contributed by atoms with E-state index >= 15 is 0 Å². The van der Waals surface area contributed by atoms with Crippen LogP contribution < -0.4 is 0 Å². The number of aromatic nitrogens is 1. The average Bonchev–Trinajstić information content (AvgIpc) is 2.47. The average molecular weight is 194 g/mol. The minimum atomic E-state index is 0.877. The number of rotatable bonds is 2. The number of nitrogens with zero attached hydrogens (tertiary/aromatic N) is 2. The van der Waals surface area contributed by atoms with Crippen LogP contribution in [0.4, 0.5) is 0 Å². The fourth-order valence-electron chi connectivity index (χ4n) is 1.92. The molecule has 0 unspecified atom stereocenters. The second-order valence-electron chi connectivity index (χ2n) is 4.09. The summed E-state index contributed by atoms with van der Waals surface area (Å²) in [5.74, 6) is 1.83. The third-order valence-corrected chi connectivity index (χ3v) is 2.88. The largest absolute Gasteiger partial charge is 0.444 e. The second-order valence-corrected chi connectivity index (χ2v) is 4.09. The van der Waals surface area contributed by atoms with Crippen LogP contribution in [-0.2, 0) is 6.54 Å². The Morgan fingerprint density at radius 3 is 2.50 bits per heavy atom. The van der Waals surface area contributed by atoms with E-state index in [1.807, 2.05) is 13.8 Å². The van der Waals surface area contributed by atoms with Crippen LogP contribution in [0.5, 0.6) is 0 Å². The fraction of sp³-hybridized carbons (Fsp3) is 0.727. The van der Waals surface area contributed by atoms with Crippen molar-refractivity contribution in [1.82, 2.24) is 9.88 Å². The molecule has 0 N–H and O–H groups in total. The Hall–Kier alpha value is -0.830. The van der Waals surface area contributed by atoms with Crippen LogP contribution in [0.1, 0.15) is 36.6 Å². The predicted octanol–water partition coefficient (Wildman–Crippen LogP) is 2.28. The zero-order chi connectivity index (χ0) is 9.97. The normalized spacial score (nSPS) is 18.7. The summed E-state index contributed by atoms with van der Waals surface area (Å²) < 4.78 is 5.56. The van der Waals surface area contributed by atoms with Gasteiger partial charge in [-0.3, -0.25) is 4.90 Å². The van der Waals surface area contributed by atoms with Crippen LogP contribution in [0.2, 0.25) is 0 Å². The molecule has 3 heteroatoms. The monoisotopic (exact) mass is 194 g/mol. The summed E-state index contributed by atoms with van der Waals surface area (Å²) in [6.07, 6.45) is 4.01. The highest BCUT2D eigenvalue weighted by Gasteiger charge is 2.13. The number of hydrogen-bond acceptors (Lipinski definition) is 3. The zero-order valence-corrected chi connectivity index (χ0v) is 9.05. The van der Waals surface area contributed by atoms with Gasteiger partial charge in [0.1, 0.15) is 5.76 Å². The van der Waals surface area contributed by atoms with Gasteiger partial charge in [-0.05, 0) is 39.8 Å². The molecule has 0 spiro atoms. The molecular weight excluding hydrogens is 176 g/mol. The first-order valence-electron chi connectivity index (χ1n) is 5.41. The van der Waals surface area contributed by atoms with E-state index in [4.69, 9.17) is 4.42 Å². The summed E-state index contributed by atoms with van der Waals surface area (Å²) >= 11 is 0. The lowest BCUT2D eigenvalue weighted by Gasteiger charge is -2.24. The van der Waals surface area contributed by atoms with Gasteiger partial charge in [-0.15, -0.1) is 0 Å². The van der Waals surface area contributed by atoms with Gasteiger partial charge in [0.2, 0.25) is 5.89 Å². The van der Waals surface area contributed by atoms with Crippen LogP contribution in [-0.4, -0.2) is 23.0 Å². The highest BCUT2D eigenvalue weighted by molar-refractivity contribution is 5.05. The van der Waals surface area contributed by atoms with Crippen molar-refractivity contribution < 1.29 is 4.42 Å². The van der Waals surface area contributed by atoms with Gasteiger partial charge >= 0.3 is 0 Å². The fourth-order valence-corrected chi connectivity index (χ4v) is 1.92. The Morgan fingerprint density at radius 2 is 1.93 bits per heavy atom. The van der Waals surface area contributed by atoms with E-state index in [1.54, 1.807) is 0 Å². The van der Waals surface area contributed by atoms with E-state index in [2.05, 4.69) is 9.88 Å². The lowest BCUT2D eigenvalue weighted by Crippen LogP contribution is -2.29. The Kier molecular flexibility index (Phi) is 2.87. The molecule has 3 nitrogen and oxygen atoms in total. The highest BCUT2D eigenvalue weighted by atomic mass is 16.4. The van der Waals surface area contributed by atoms with Gasteiger partial charge in [-0.1, -0.05) is 6.42 Å². The first-order valence-corrected chi connectivity index (χ1v) is 5.41. The number of aryl methyl sites for hydroxylation is 2. The van der Waals surface area contributed by atoms with Crippen LogP contribution in [0.3, 0.4) is 0 Å². The highest BCUT2D eigenvalue weighted by Crippen LogP contribution is 2.14. The Balaban J connectivity index is 1.95. The zero-order valence-electron chi connectivity index (χ0n) is 9.05. The Bertz CT molecular complexity index is 281. The molecule has 0 saturated carbocycles. The topological polar surface area (TPSA) is 29.3 Å². The van der Waals surface area contributed by atoms with Crippen LogP contribution in [0.15, 0.2) is 4.42 Å². The SMILES string of the molecule is Cc1nc(CN2CCCCC2)oc1C. The summed E-state index contributed by atoms with van der Waals surface area (Å²) in [5.41, 5.74) is 1.03. The number of likely N-dealkylation sites (tertiary alicyclic amines) is 1. The molecule has 1 saturated heterocycles. The first kappa shape index (κ1) is 9.71. The van der Waals surface area contributed by atoms with Crippen LogP contribution in [0, 0.1) is 13.8 Å². The Labute approximate surface area is 85.1 Å². The molecule has 2 heterocycles. The molecule has 0 atom stereocenters. The van der Waals surface area contributed by atoms with Crippen LogP contribution in [0.25, 0.3) is 0 Å². The number of piperidine rings is 1. The van der Waals surface area contributed by atoms with Gasteiger partial charge in [-0.2, -0.15) is 0 Å². The lowest BCUT2D eigenvalue weighted by atomic mass is 10.1. The van der Waals surface area contributed by atoms with Crippen LogP contribution >= 0.6 is 0 Å². The molecule has 0 radical (unpaired) electrons. The quantitative estimate of drug-likeness (QED) is 0.723. The molecule has 0 amide bonds. The predicted molar refractivity (Wildman–Crippen MR) is 55.1 cm³/mol. The van der Waals surface area contributed by atoms with Gasteiger partial charge in [-0.25, -0.2) is 4.98 Å². The summed E-state index contributed by atoms with van der Waals surface area (Å²) in [6.45, 7) is 7.25. The van der Waals surface area contributed by atoms with Crippen molar-refractivity contribution in [3.63, 3.8) is 0 Å².